The van der Waals surface area contributed by atoms with Crippen molar-refractivity contribution in [1.82, 2.24) is 5.32 Å². The summed E-state index contributed by atoms with van der Waals surface area (Å²) in [5.41, 5.74) is 1.57. The molecule has 0 aliphatic rings. The van der Waals surface area contributed by atoms with Crippen molar-refractivity contribution in [1.29, 1.82) is 5.26 Å². The van der Waals surface area contributed by atoms with Gasteiger partial charge in [0.05, 0.1) is 10.0 Å². The Morgan fingerprint density at radius 1 is 1.15 bits per heavy atom. The second kappa shape index (κ2) is 6.89. The molecule has 0 saturated heterocycles. The first-order valence-electron chi connectivity index (χ1n) is 5.94. The Morgan fingerprint density at radius 3 is 2.55 bits per heavy atom. The SMILES string of the molecule is CNCc1ccc(Oc2ccc(Br)cc2Br)c(C#N)c1. The fraction of sp³-hybridized carbons (Fsp3) is 0.133. The van der Waals surface area contributed by atoms with Crippen LogP contribution in [0.25, 0.3) is 0 Å². The molecule has 0 fully saturated rings. The van der Waals surface area contributed by atoms with E-state index < -0.39 is 0 Å². The topological polar surface area (TPSA) is 45.0 Å². The summed E-state index contributed by atoms with van der Waals surface area (Å²) in [7, 11) is 1.87. The standard InChI is InChI=1S/C15H12Br2N2O/c1-19-9-10-2-4-14(11(6-10)8-18)20-15-5-3-12(16)7-13(15)17/h2-7,19H,9H2,1H3. The molecule has 0 spiro atoms. The lowest BCUT2D eigenvalue weighted by molar-refractivity contribution is 0.477. The van der Waals surface area contributed by atoms with Crippen LogP contribution >= 0.6 is 31.9 Å². The lowest BCUT2D eigenvalue weighted by Crippen LogP contribution is -2.05. The summed E-state index contributed by atoms with van der Waals surface area (Å²) in [4.78, 5) is 0. The van der Waals surface area contributed by atoms with Gasteiger partial charge in [-0.3, -0.25) is 0 Å². The third-order valence-corrected chi connectivity index (χ3v) is 3.77. The third kappa shape index (κ3) is 3.60. The molecule has 0 heterocycles. The van der Waals surface area contributed by atoms with Crippen LogP contribution in [0.15, 0.2) is 45.3 Å². The van der Waals surface area contributed by atoms with E-state index >= 15 is 0 Å². The first-order chi connectivity index (χ1) is 9.63. The number of nitrogens with one attached hydrogen (secondary N) is 1. The molecule has 0 aliphatic heterocycles. The quantitative estimate of drug-likeness (QED) is 0.822. The van der Waals surface area contributed by atoms with E-state index in [4.69, 9.17) is 4.74 Å². The van der Waals surface area contributed by atoms with E-state index in [-0.39, 0.29) is 0 Å². The van der Waals surface area contributed by atoms with Crippen LogP contribution in [0.1, 0.15) is 11.1 Å². The first kappa shape index (κ1) is 15.0. The molecule has 2 rings (SSSR count). The highest BCUT2D eigenvalue weighted by Crippen LogP contribution is 2.33. The van der Waals surface area contributed by atoms with Gasteiger partial charge in [-0.2, -0.15) is 5.26 Å². The number of hydrogen-bond acceptors (Lipinski definition) is 3. The third-order valence-electron chi connectivity index (χ3n) is 2.66. The highest BCUT2D eigenvalue weighted by Gasteiger charge is 2.08. The second-order valence-corrected chi connectivity index (χ2v) is 5.92. The lowest BCUT2D eigenvalue weighted by atomic mass is 10.1. The molecule has 0 atom stereocenters. The fourth-order valence-electron chi connectivity index (χ4n) is 1.74. The van der Waals surface area contributed by atoms with E-state index in [0.29, 0.717) is 17.1 Å². The van der Waals surface area contributed by atoms with Gasteiger partial charge in [0, 0.05) is 11.0 Å². The summed E-state index contributed by atoms with van der Waals surface area (Å²) in [6.07, 6.45) is 0. The Balaban J connectivity index is 2.31. The van der Waals surface area contributed by atoms with Crippen LogP contribution in [-0.2, 0) is 6.54 Å². The number of hydrogen-bond donors (Lipinski definition) is 1. The number of halogens is 2. The summed E-state index contributed by atoms with van der Waals surface area (Å²) in [6, 6.07) is 13.4. The van der Waals surface area contributed by atoms with Crippen molar-refractivity contribution in [2.75, 3.05) is 7.05 Å². The number of nitriles is 1. The van der Waals surface area contributed by atoms with Crippen LogP contribution in [0.2, 0.25) is 0 Å². The predicted molar refractivity (Wildman–Crippen MR) is 85.8 cm³/mol. The normalized spacial score (nSPS) is 10.1. The monoisotopic (exact) mass is 394 g/mol. The zero-order valence-corrected chi connectivity index (χ0v) is 14.0. The molecular formula is C15H12Br2N2O. The molecule has 0 saturated carbocycles. The van der Waals surface area contributed by atoms with E-state index in [1.54, 1.807) is 0 Å². The van der Waals surface area contributed by atoms with E-state index in [9.17, 15) is 5.26 Å². The van der Waals surface area contributed by atoms with Crippen molar-refractivity contribution in [3.8, 4) is 17.6 Å². The second-order valence-electron chi connectivity index (χ2n) is 4.15. The molecule has 2 aromatic carbocycles. The van der Waals surface area contributed by atoms with Crippen LogP contribution < -0.4 is 10.1 Å². The lowest BCUT2D eigenvalue weighted by Gasteiger charge is -2.10. The summed E-state index contributed by atoms with van der Waals surface area (Å²) in [5, 5.41) is 12.3. The van der Waals surface area contributed by atoms with Crippen molar-refractivity contribution < 1.29 is 4.74 Å². The first-order valence-corrected chi connectivity index (χ1v) is 7.53. The highest BCUT2D eigenvalue weighted by molar-refractivity contribution is 9.11. The molecule has 0 radical (unpaired) electrons. The molecule has 102 valence electrons. The number of nitrogens with zero attached hydrogens (tertiary/aromatic N) is 1. The summed E-state index contributed by atoms with van der Waals surface area (Å²) in [5.74, 6) is 1.22. The molecule has 20 heavy (non-hydrogen) atoms. The van der Waals surface area contributed by atoms with E-state index in [0.717, 1.165) is 21.1 Å². The summed E-state index contributed by atoms with van der Waals surface area (Å²) in [6.45, 7) is 0.719. The van der Waals surface area contributed by atoms with Crippen molar-refractivity contribution >= 4 is 31.9 Å². The van der Waals surface area contributed by atoms with Crippen LogP contribution in [0.4, 0.5) is 0 Å². The van der Waals surface area contributed by atoms with Crippen LogP contribution in [0.3, 0.4) is 0 Å². The molecular weight excluding hydrogens is 384 g/mol. The minimum Gasteiger partial charge on any atom is -0.455 e. The van der Waals surface area contributed by atoms with Gasteiger partial charge in [0.25, 0.3) is 0 Å². The maximum absolute atomic E-state index is 9.23. The van der Waals surface area contributed by atoms with Gasteiger partial charge in [0.15, 0.2) is 0 Å². The smallest absolute Gasteiger partial charge is 0.145 e. The van der Waals surface area contributed by atoms with Gasteiger partial charge in [0.1, 0.15) is 17.6 Å². The van der Waals surface area contributed by atoms with E-state index in [1.165, 1.54) is 0 Å². The van der Waals surface area contributed by atoms with Crippen molar-refractivity contribution in [2.45, 2.75) is 6.54 Å². The van der Waals surface area contributed by atoms with Gasteiger partial charge in [-0.25, -0.2) is 0 Å². The Kier molecular flexibility index (Phi) is 5.18. The highest BCUT2D eigenvalue weighted by atomic mass is 79.9. The molecule has 3 nitrogen and oxygen atoms in total. The Labute approximate surface area is 134 Å². The Morgan fingerprint density at radius 2 is 1.90 bits per heavy atom. The van der Waals surface area contributed by atoms with Gasteiger partial charge in [-0.15, -0.1) is 0 Å². The zero-order chi connectivity index (χ0) is 14.5. The average molecular weight is 396 g/mol. The van der Waals surface area contributed by atoms with Gasteiger partial charge >= 0.3 is 0 Å². The number of ether oxygens (including phenoxy) is 1. The molecule has 5 heteroatoms. The Hall–Kier alpha value is -1.35. The molecule has 2 aromatic rings. The molecule has 0 aliphatic carbocycles. The van der Waals surface area contributed by atoms with E-state index in [1.807, 2.05) is 43.4 Å². The molecule has 1 N–H and O–H groups in total. The van der Waals surface area contributed by atoms with Gasteiger partial charge < -0.3 is 10.1 Å². The maximum atomic E-state index is 9.23. The van der Waals surface area contributed by atoms with E-state index in [2.05, 4.69) is 43.2 Å². The summed E-state index contributed by atoms with van der Waals surface area (Å²) >= 11 is 6.83. The van der Waals surface area contributed by atoms with Crippen LogP contribution in [0.5, 0.6) is 11.5 Å². The minimum absolute atomic E-state index is 0.521. The number of rotatable bonds is 4. The van der Waals surface area contributed by atoms with Gasteiger partial charge in [0.2, 0.25) is 0 Å². The molecule has 0 aromatic heterocycles. The van der Waals surface area contributed by atoms with Crippen LogP contribution in [0, 0.1) is 11.3 Å². The number of benzene rings is 2. The Bertz CT molecular complexity index is 665. The largest absolute Gasteiger partial charge is 0.455 e. The van der Waals surface area contributed by atoms with Gasteiger partial charge in [-0.1, -0.05) is 22.0 Å². The average Bonchev–Trinajstić information content (AvgIpc) is 2.43. The van der Waals surface area contributed by atoms with Crippen molar-refractivity contribution in [3.05, 3.63) is 56.5 Å². The minimum atomic E-state index is 0.521. The summed E-state index contributed by atoms with van der Waals surface area (Å²) < 4.78 is 7.60. The van der Waals surface area contributed by atoms with Gasteiger partial charge in [-0.05, 0) is 58.9 Å². The van der Waals surface area contributed by atoms with Crippen LogP contribution in [-0.4, -0.2) is 7.05 Å². The molecule has 0 amide bonds. The van der Waals surface area contributed by atoms with Crippen molar-refractivity contribution in [2.24, 2.45) is 0 Å². The van der Waals surface area contributed by atoms with Crippen molar-refractivity contribution in [3.63, 3.8) is 0 Å². The maximum Gasteiger partial charge on any atom is 0.145 e. The fourth-order valence-corrected chi connectivity index (χ4v) is 2.87. The molecule has 0 unspecified atom stereocenters. The predicted octanol–water partition coefficient (Wildman–Crippen LogP) is 4.59. The molecule has 0 bridgehead atoms. The zero-order valence-electron chi connectivity index (χ0n) is 10.8.